The van der Waals surface area contributed by atoms with Crippen molar-refractivity contribution in [3.05, 3.63) is 23.2 Å². The van der Waals surface area contributed by atoms with Crippen LogP contribution in [0, 0.1) is 17.2 Å². The number of nitrogens with two attached hydrogens (primary N) is 1. The number of nitrogen functional groups attached to an aromatic ring is 1. The quantitative estimate of drug-likeness (QED) is 0.802. The van der Waals surface area contributed by atoms with Gasteiger partial charge in [-0.1, -0.05) is 17.7 Å². The molecular weight excluding hydrogens is 210 g/mol. The maximum absolute atomic E-state index is 8.73. The fourth-order valence-electron chi connectivity index (χ4n) is 1.48. The minimum atomic E-state index is -0.0503. The summed E-state index contributed by atoms with van der Waals surface area (Å²) in [6, 6.07) is 7.58. The highest BCUT2D eigenvalue weighted by Gasteiger charge is 2.12. The zero-order valence-electron chi connectivity index (χ0n) is 8.87. The average Bonchev–Trinajstić information content (AvgIpc) is 2.17. The monoisotopic (exact) mass is 223 g/mol. The zero-order chi connectivity index (χ0) is 11.4. The summed E-state index contributed by atoms with van der Waals surface area (Å²) >= 11 is 6.05. The fraction of sp³-hybridized carbons (Fsp3) is 0.364. The van der Waals surface area contributed by atoms with Gasteiger partial charge in [0, 0.05) is 13.6 Å². The Morgan fingerprint density at radius 1 is 1.60 bits per heavy atom. The van der Waals surface area contributed by atoms with E-state index in [2.05, 4.69) is 6.07 Å². The van der Waals surface area contributed by atoms with Crippen LogP contribution in [0.2, 0.25) is 5.02 Å². The molecule has 80 valence electrons. The SMILES string of the molecule is CC(C#N)CN(C)c1c(N)cccc1Cl. The molecule has 0 aromatic heterocycles. The lowest BCUT2D eigenvalue weighted by atomic mass is 10.2. The van der Waals surface area contributed by atoms with Gasteiger partial charge in [0.1, 0.15) is 0 Å². The highest BCUT2D eigenvalue weighted by atomic mass is 35.5. The van der Waals surface area contributed by atoms with Crippen molar-refractivity contribution >= 4 is 23.0 Å². The number of para-hydroxylation sites is 1. The van der Waals surface area contributed by atoms with Gasteiger partial charge in [-0.2, -0.15) is 5.26 Å². The van der Waals surface area contributed by atoms with Gasteiger partial charge in [-0.15, -0.1) is 0 Å². The van der Waals surface area contributed by atoms with Crippen molar-refractivity contribution in [2.24, 2.45) is 5.92 Å². The zero-order valence-corrected chi connectivity index (χ0v) is 9.62. The Morgan fingerprint density at radius 3 is 2.80 bits per heavy atom. The van der Waals surface area contributed by atoms with Gasteiger partial charge in [0.15, 0.2) is 0 Å². The third kappa shape index (κ3) is 2.77. The molecule has 0 bridgehead atoms. The summed E-state index contributed by atoms with van der Waals surface area (Å²) in [5.41, 5.74) is 7.26. The lowest BCUT2D eigenvalue weighted by molar-refractivity contribution is 0.717. The highest BCUT2D eigenvalue weighted by Crippen LogP contribution is 2.31. The molecule has 4 heteroatoms. The molecule has 0 aliphatic rings. The molecule has 0 saturated carbocycles. The van der Waals surface area contributed by atoms with Crippen LogP contribution in [0.5, 0.6) is 0 Å². The topological polar surface area (TPSA) is 53.0 Å². The molecule has 1 rings (SSSR count). The van der Waals surface area contributed by atoms with Gasteiger partial charge in [-0.3, -0.25) is 0 Å². The van der Waals surface area contributed by atoms with E-state index in [0.29, 0.717) is 17.3 Å². The van der Waals surface area contributed by atoms with Crippen LogP contribution in [0.15, 0.2) is 18.2 Å². The largest absolute Gasteiger partial charge is 0.397 e. The van der Waals surface area contributed by atoms with E-state index in [1.165, 1.54) is 0 Å². The van der Waals surface area contributed by atoms with Crippen molar-refractivity contribution in [3.8, 4) is 6.07 Å². The number of hydrogen-bond acceptors (Lipinski definition) is 3. The number of rotatable bonds is 3. The summed E-state index contributed by atoms with van der Waals surface area (Å²) in [6.07, 6.45) is 0. The van der Waals surface area contributed by atoms with Crippen LogP contribution in [-0.4, -0.2) is 13.6 Å². The minimum Gasteiger partial charge on any atom is -0.397 e. The Labute approximate surface area is 95.1 Å². The summed E-state index contributed by atoms with van der Waals surface area (Å²) in [5, 5.41) is 9.34. The predicted octanol–water partition coefficient (Wildman–Crippen LogP) is 2.52. The number of halogens is 1. The molecule has 0 radical (unpaired) electrons. The Kier molecular flexibility index (Phi) is 3.81. The summed E-state index contributed by atoms with van der Waals surface area (Å²) in [4.78, 5) is 1.91. The lowest BCUT2D eigenvalue weighted by Gasteiger charge is -2.23. The molecule has 0 saturated heterocycles. The molecule has 1 atom stereocenters. The van der Waals surface area contributed by atoms with Gasteiger partial charge in [0.05, 0.1) is 28.4 Å². The molecule has 0 aliphatic heterocycles. The first-order chi connectivity index (χ1) is 7.06. The van der Waals surface area contributed by atoms with E-state index in [0.717, 1.165) is 5.69 Å². The number of benzene rings is 1. The normalized spacial score (nSPS) is 11.9. The van der Waals surface area contributed by atoms with Crippen LogP contribution < -0.4 is 10.6 Å². The molecule has 0 fully saturated rings. The Balaban J connectivity index is 2.91. The van der Waals surface area contributed by atoms with E-state index in [1.54, 1.807) is 12.1 Å². The number of hydrogen-bond donors (Lipinski definition) is 1. The second-order valence-electron chi connectivity index (χ2n) is 3.59. The summed E-state index contributed by atoms with van der Waals surface area (Å²) in [7, 11) is 1.88. The number of nitrogens with zero attached hydrogens (tertiary/aromatic N) is 2. The van der Waals surface area contributed by atoms with Crippen LogP contribution in [0.25, 0.3) is 0 Å². The van der Waals surface area contributed by atoms with Crippen molar-refractivity contribution in [2.75, 3.05) is 24.2 Å². The van der Waals surface area contributed by atoms with Gasteiger partial charge < -0.3 is 10.6 Å². The van der Waals surface area contributed by atoms with Crippen molar-refractivity contribution < 1.29 is 0 Å². The average molecular weight is 224 g/mol. The molecule has 0 heterocycles. The first-order valence-electron chi connectivity index (χ1n) is 4.71. The molecule has 3 nitrogen and oxygen atoms in total. The van der Waals surface area contributed by atoms with Gasteiger partial charge >= 0.3 is 0 Å². The predicted molar refractivity (Wildman–Crippen MR) is 63.9 cm³/mol. The van der Waals surface area contributed by atoms with Crippen LogP contribution in [0.1, 0.15) is 6.92 Å². The molecule has 1 aromatic rings. The maximum atomic E-state index is 8.73. The lowest BCUT2D eigenvalue weighted by Crippen LogP contribution is -2.24. The molecule has 2 N–H and O–H groups in total. The van der Waals surface area contributed by atoms with E-state index in [4.69, 9.17) is 22.6 Å². The molecule has 15 heavy (non-hydrogen) atoms. The highest BCUT2D eigenvalue weighted by molar-refractivity contribution is 6.33. The van der Waals surface area contributed by atoms with E-state index < -0.39 is 0 Å². The second-order valence-corrected chi connectivity index (χ2v) is 4.00. The van der Waals surface area contributed by atoms with E-state index in [9.17, 15) is 0 Å². The maximum Gasteiger partial charge on any atom is 0.0786 e. The van der Waals surface area contributed by atoms with Crippen LogP contribution >= 0.6 is 11.6 Å². The van der Waals surface area contributed by atoms with E-state index >= 15 is 0 Å². The molecule has 1 unspecified atom stereocenters. The standard InChI is InChI=1S/C11H14ClN3/c1-8(6-13)7-15(2)11-9(12)4-3-5-10(11)14/h3-5,8H,7,14H2,1-2H3. The Bertz CT molecular complexity index is 364. The smallest absolute Gasteiger partial charge is 0.0786 e. The van der Waals surface area contributed by atoms with Gasteiger partial charge in [-0.05, 0) is 19.1 Å². The molecule has 0 aliphatic carbocycles. The van der Waals surface area contributed by atoms with Crippen molar-refractivity contribution in [1.29, 1.82) is 5.26 Å². The Morgan fingerprint density at radius 2 is 2.27 bits per heavy atom. The van der Waals surface area contributed by atoms with E-state index in [1.807, 2.05) is 24.9 Å². The van der Waals surface area contributed by atoms with Crippen LogP contribution in [-0.2, 0) is 0 Å². The van der Waals surface area contributed by atoms with Gasteiger partial charge in [0.2, 0.25) is 0 Å². The van der Waals surface area contributed by atoms with Crippen molar-refractivity contribution in [2.45, 2.75) is 6.92 Å². The first-order valence-corrected chi connectivity index (χ1v) is 5.08. The number of nitriles is 1. The van der Waals surface area contributed by atoms with Crippen LogP contribution in [0.4, 0.5) is 11.4 Å². The molecule has 1 aromatic carbocycles. The van der Waals surface area contributed by atoms with E-state index in [-0.39, 0.29) is 5.92 Å². The minimum absolute atomic E-state index is 0.0503. The first kappa shape index (κ1) is 11.7. The van der Waals surface area contributed by atoms with Crippen LogP contribution in [0.3, 0.4) is 0 Å². The Hall–Kier alpha value is -1.40. The van der Waals surface area contributed by atoms with Crippen molar-refractivity contribution in [1.82, 2.24) is 0 Å². The molecule has 0 amide bonds. The third-order valence-electron chi connectivity index (χ3n) is 2.17. The molecule has 0 spiro atoms. The summed E-state index contributed by atoms with van der Waals surface area (Å²) < 4.78 is 0. The second kappa shape index (κ2) is 4.90. The summed E-state index contributed by atoms with van der Waals surface area (Å²) in [6.45, 7) is 2.48. The van der Waals surface area contributed by atoms with Crippen molar-refractivity contribution in [3.63, 3.8) is 0 Å². The number of anilines is 2. The molecular formula is C11H14ClN3. The fourth-order valence-corrected chi connectivity index (χ4v) is 1.80. The summed E-state index contributed by atoms with van der Waals surface area (Å²) in [5.74, 6) is -0.0503. The third-order valence-corrected chi connectivity index (χ3v) is 2.47. The van der Waals surface area contributed by atoms with Gasteiger partial charge in [0.25, 0.3) is 0 Å². The van der Waals surface area contributed by atoms with Gasteiger partial charge in [-0.25, -0.2) is 0 Å².